The number of nitrogens with one attached hydrogen (secondary N) is 1. The van der Waals surface area contributed by atoms with E-state index in [9.17, 15) is 14.4 Å². The number of amides is 4. The fourth-order valence-electron chi connectivity index (χ4n) is 4.56. The maximum absolute atomic E-state index is 13.0. The minimum Gasteiger partial charge on any atom is -0.354 e. The fraction of sp³-hybridized carbons (Fsp3) is 0.478. The van der Waals surface area contributed by atoms with Crippen LogP contribution in [0.15, 0.2) is 29.6 Å². The van der Waals surface area contributed by atoms with Gasteiger partial charge in [0.1, 0.15) is 12.1 Å². The molecular weight excluding hydrogens is 412 g/mol. The molecule has 1 saturated heterocycles. The third kappa shape index (κ3) is 4.21. The van der Waals surface area contributed by atoms with E-state index in [1.165, 1.54) is 0 Å². The number of thiazole rings is 1. The Morgan fingerprint density at radius 3 is 2.52 bits per heavy atom. The molecule has 1 aromatic carbocycles. The minimum atomic E-state index is -0.743. The molecule has 1 spiro atoms. The predicted octanol–water partition coefficient (Wildman–Crippen LogP) is 3.37. The monoisotopic (exact) mass is 440 g/mol. The van der Waals surface area contributed by atoms with Crippen molar-refractivity contribution in [3.8, 4) is 11.3 Å². The highest BCUT2D eigenvalue weighted by Crippen LogP contribution is 2.39. The van der Waals surface area contributed by atoms with Gasteiger partial charge in [-0.25, -0.2) is 9.78 Å². The Labute approximate surface area is 186 Å². The molecule has 4 rings (SSSR count). The second kappa shape index (κ2) is 8.78. The van der Waals surface area contributed by atoms with Crippen molar-refractivity contribution in [3.05, 3.63) is 40.2 Å². The third-order valence-electron chi connectivity index (χ3n) is 6.39. The first kappa shape index (κ1) is 21.5. The maximum Gasteiger partial charge on any atom is 0.327 e. The smallest absolute Gasteiger partial charge is 0.327 e. The fourth-order valence-corrected chi connectivity index (χ4v) is 5.18. The molecule has 1 saturated carbocycles. The lowest BCUT2D eigenvalue weighted by molar-refractivity contribution is -0.137. The van der Waals surface area contributed by atoms with Gasteiger partial charge in [0.25, 0.3) is 5.91 Å². The highest BCUT2D eigenvalue weighted by molar-refractivity contribution is 7.09. The highest BCUT2D eigenvalue weighted by atomic mass is 32.1. The van der Waals surface area contributed by atoms with Crippen LogP contribution in [0.1, 0.15) is 42.7 Å². The van der Waals surface area contributed by atoms with Gasteiger partial charge < -0.3 is 10.2 Å². The van der Waals surface area contributed by atoms with E-state index in [1.807, 2.05) is 36.6 Å². The zero-order valence-electron chi connectivity index (χ0n) is 18.0. The standard InChI is InChI=1S/C23H28N4O3S/c1-16-25-19(15-31-16)18-8-6-17(7-9-18)10-13-24-20(28)14-27-21(29)23(26(2)22(27)30)11-4-3-5-12-23/h6-9,15H,3-5,10-14H2,1-2H3,(H,24,28). The first-order valence-corrected chi connectivity index (χ1v) is 11.7. The van der Waals surface area contributed by atoms with E-state index >= 15 is 0 Å². The van der Waals surface area contributed by atoms with Gasteiger partial charge in [0.15, 0.2) is 0 Å². The van der Waals surface area contributed by atoms with Gasteiger partial charge in [0, 0.05) is 24.5 Å². The molecule has 1 aliphatic carbocycles. The molecule has 2 fully saturated rings. The molecule has 4 amide bonds. The molecule has 0 atom stereocenters. The number of carbonyl (C=O) groups excluding carboxylic acids is 3. The number of nitrogens with zero attached hydrogens (tertiary/aromatic N) is 3. The lowest BCUT2D eigenvalue weighted by Gasteiger charge is -2.35. The van der Waals surface area contributed by atoms with Gasteiger partial charge in [0.05, 0.1) is 10.7 Å². The zero-order valence-corrected chi connectivity index (χ0v) is 18.8. The van der Waals surface area contributed by atoms with Crippen LogP contribution in [0.4, 0.5) is 4.79 Å². The number of rotatable bonds is 6. The molecule has 2 heterocycles. The van der Waals surface area contributed by atoms with Crippen LogP contribution in [-0.2, 0) is 16.0 Å². The van der Waals surface area contributed by atoms with E-state index in [0.29, 0.717) is 25.8 Å². The molecule has 7 nitrogen and oxygen atoms in total. The van der Waals surface area contributed by atoms with Gasteiger partial charge in [-0.2, -0.15) is 0 Å². The normalized spacial score (nSPS) is 18.1. The van der Waals surface area contributed by atoms with Crippen LogP contribution >= 0.6 is 11.3 Å². The second-order valence-electron chi connectivity index (χ2n) is 8.37. The molecule has 2 aliphatic rings. The minimum absolute atomic E-state index is 0.216. The van der Waals surface area contributed by atoms with Crippen LogP contribution in [-0.4, -0.2) is 58.3 Å². The van der Waals surface area contributed by atoms with Gasteiger partial charge >= 0.3 is 6.03 Å². The summed E-state index contributed by atoms with van der Waals surface area (Å²) in [5.41, 5.74) is 2.41. The molecule has 8 heteroatoms. The number of urea groups is 1. The Kier molecular flexibility index (Phi) is 6.09. The van der Waals surface area contributed by atoms with Crippen LogP contribution in [0, 0.1) is 6.92 Å². The maximum atomic E-state index is 13.0. The lowest BCUT2D eigenvalue weighted by Crippen LogP contribution is -2.49. The number of hydrogen-bond acceptors (Lipinski definition) is 5. The number of aryl methyl sites for hydroxylation is 1. The average molecular weight is 441 g/mol. The summed E-state index contributed by atoms with van der Waals surface area (Å²) in [5, 5.41) is 5.92. The van der Waals surface area contributed by atoms with Crippen molar-refractivity contribution in [2.45, 2.75) is 51.0 Å². The van der Waals surface area contributed by atoms with Crippen LogP contribution in [0.25, 0.3) is 11.3 Å². The largest absolute Gasteiger partial charge is 0.354 e. The molecule has 1 aromatic heterocycles. The van der Waals surface area contributed by atoms with Crippen molar-refractivity contribution in [2.24, 2.45) is 0 Å². The third-order valence-corrected chi connectivity index (χ3v) is 7.16. The lowest BCUT2D eigenvalue weighted by atomic mass is 9.81. The average Bonchev–Trinajstić information content (AvgIpc) is 3.28. The Bertz CT molecular complexity index is 979. The molecule has 0 radical (unpaired) electrons. The predicted molar refractivity (Wildman–Crippen MR) is 120 cm³/mol. The first-order chi connectivity index (χ1) is 14.9. The summed E-state index contributed by atoms with van der Waals surface area (Å²) in [7, 11) is 1.68. The van der Waals surface area contributed by atoms with Gasteiger partial charge in [-0.15, -0.1) is 11.3 Å². The molecule has 31 heavy (non-hydrogen) atoms. The topological polar surface area (TPSA) is 82.6 Å². The summed E-state index contributed by atoms with van der Waals surface area (Å²) in [4.78, 5) is 45.2. The number of carbonyl (C=O) groups is 3. The Morgan fingerprint density at radius 1 is 1.16 bits per heavy atom. The molecular formula is C23H28N4O3S. The summed E-state index contributed by atoms with van der Waals surface area (Å²) in [5.74, 6) is -0.528. The molecule has 0 unspecified atom stereocenters. The van der Waals surface area contributed by atoms with E-state index in [0.717, 1.165) is 46.0 Å². The van der Waals surface area contributed by atoms with Crippen LogP contribution in [0.5, 0.6) is 0 Å². The Balaban J connectivity index is 1.28. The SMILES string of the molecule is Cc1nc(-c2ccc(CCNC(=O)CN3C(=O)N(C)C4(CCCCC4)C3=O)cc2)cs1. The van der Waals surface area contributed by atoms with E-state index in [4.69, 9.17) is 0 Å². The summed E-state index contributed by atoms with van der Waals surface area (Å²) in [6.45, 7) is 2.22. The van der Waals surface area contributed by atoms with Gasteiger partial charge in [0.2, 0.25) is 5.91 Å². The Morgan fingerprint density at radius 2 is 1.87 bits per heavy atom. The van der Waals surface area contributed by atoms with Gasteiger partial charge in [-0.3, -0.25) is 14.5 Å². The zero-order chi connectivity index (χ0) is 22.0. The number of likely N-dealkylation sites (N-methyl/N-ethyl adjacent to an activating group) is 1. The van der Waals surface area contributed by atoms with Gasteiger partial charge in [-0.05, 0) is 31.7 Å². The van der Waals surface area contributed by atoms with Crippen molar-refractivity contribution in [2.75, 3.05) is 20.1 Å². The molecule has 164 valence electrons. The van der Waals surface area contributed by atoms with E-state index < -0.39 is 5.54 Å². The molecule has 2 aromatic rings. The quantitative estimate of drug-likeness (QED) is 0.698. The molecule has 1 aliphatic heterocycles. The summed E-state index contributed by atoms with van der Waals surface area (Å²) in [6.07, 6.45) is 5.00. The number of benzene rings is 1. The molecule has 1 N–H and O–H groups in total. The van der Waals surface area contributed by atoms with Crippen molar-refractivity contribution >= 4 is 29.2 Å². The number of imide groups is 1. The number of aromatic nitrogens is 1. The van der Waals surface area contributed by atoms with E-state index in [2.05, 4.69) is 10.3 Å². The van der Waals surface area contributed by atoms with E-state index in [-0.39, 0.29) is 24.4 Å². The summed E-state index contributed by atoms with van der Waals surface area (Å²) in [6, 6.07) is 7.77. The van der Waals surface area contributed by atoms with Crippen molar-refractivity contribution in [3.63, 3.8) is 0 Å². The number of hydrogen-bond donors (Lipinski definition) is 1. The van der Waals surface area contributed by atoms with Crippen molar-refractivity contribution in [1.82, 2.24) is 20.1 Å². The van der Waals surface area contributed by atoms with Crippen molar-refractivity contribution < 1.29 is 14.4 Å². The first-order valence-electron chi connectivity index (χ1n) is 10.8. The van der Waals surface area contributed by atoms with Crippen LogP contribution < -0.4 is 5.32 Å². The van der Waals surface area contributed by atoms with Crippen molar-refractivity contribution in [1.29, 1.82) is 0 Å². The van der Waals surface area contributed by atoms with E-state index in [1.54, 1.807) is 23.3 Å². The van der Waals surface area contributed by atoms with Crippen LogP contribution in [0.2, 0.25) is 0 Å². The Hall–Kier alpha value is -2.74. The summed E-state index contributed by atoms with van der Waals surface area (Å²) >= 11 is 1.63. The highest BCUT2D eigenvalue weighted by Gasteiger charge is 2.55. The molecule has 0 bridgehead atoms. The van der Waals surface area contributed by atoms with Crippen LogP contribution in [0.3, 0.4) is 0 Å². The summed E-state index contributed by atoms with van der Waals surface area (Å²) < 4.78 is 0. The van der Waals surface area contributed by atoms with Gasteiger partial charge in [-0.1, -0.05) is 43.5 Å². The second-order valence-corrected chi connectivity index (χ2v) is 9.44.